The average molecular weight is 323 g/mol. The molecule has 1 aliphatic heterocycles. The largest absolute Gasteiger partial charge is 0.420 e. The van der Waals surface area contributed by atoms with E-state index >= 15 is 0 Å². The summed E-state index contributed by atoms with van der Waals surface area (Å²) in [6.07, 6.45) is 6.09. The van der Waals surface area contributed by atoms with Crippen molar-refractivity contribution in [1.29, 1.82) is 0 Å². The zero-order valence-electron chi connectivity index (χ0n) is 12.4. The van der Waals surface area contributed by atoms with Gasteiger partial charge in [-0.2, -0.15) is 0 Å². The van der Waals surface area contributed by atoms with Crippen molar-refractivity contribution in [2.45, 2.75) is 25.7 Å². The first-order valence-electron chi connectivity index (χ1n) is 7.01. The Balaban J connectivity index is 1.80. The van der Waals surface area contributed by atoms with Crippen molar-refractivity contribution in [2.75, 3.05) is 19.3 Å². The van der Waals surface area contributed by atoms with E-state index < -0.39 is 10.0 Å². The van der Waals surface area contributed by atoms with Crippen LogP contribution in [-0.2, 0) is 10.0 Å². The van der Waals surface area contributed by atoms with Crippen LogP contribution in [0.15, 0.2) is 16.8 Å². The van der Waals surface area contributed by atoms with Crippen LogP contribution in [0.3, 0.4) is 0 Å². The second kappa shape index (κ2) is 5.73. The number of hydrogen-bond donors (Lipinski definition) is 0. The van der Waals surface area contributed by atoms with Crippen LogP contribution in [0.2, 0.25) is 0 Å². The standard InChI is InChI=1S/C13H17N5O3S/c1-9-14-6-11(7-15-9)13-17-16-12(21-13)10-4-3-5-18(8-10)22(2,19)20/h6-7,10H,3-5,8H2,1-2H3/t10-/m0/s1. The summed E-state index contributed by atoms with van der Waals surface area (Å²) < 4.78 is 30.5. The van der Waals surface area contributed by atoms with Gasteiger partial charge in [0.1, 0.15) is 5.82 Å². The summed E-state index contributed by atoms with van der Waals surface area (Å²) in [7, 11) is -3.19. The number of hydrogen-bond acceptors (Lipinski definition) is 7. The summed E-state index contributed by atoms with van der Waals surface area (Å²) in [6, 6.07) is 0. The van der Waals surface area contributed by atoms with Crippen LogP contribution in [0.25, 0.3) is 11.5 Å². The number of rotatable bonds is 3. The molecule has 0 bridgehead atoms. The van der Waals surface area contributed by atoms with Crippen molar-refractivity contribution < 1.29 is 12.8 Å². The van der Waals surface area contributed by atoms with E-state index in [1.807, 2.05) is 0 Å². The first-order chi connectivity index (χ1) is 10.4. The van der Waals surface area contributed by atoms with Crippen LogP contribution in [0.5, 0.6) is 0 Å². The zero-order valence-corrected chi connectivity index (χ0v) is 13.2. The van der Waals surface area contributed by atoms with Gasteiger partial charge in [-0.15, -0.1) is 10.2 Å². The lowest BCUT2D eigenvalue weighted by atomic mass is 10.00. The smallest absolute Gasteiger partial charge is 0.250 e. The van der Waals surface area contributed by atoms with Crippen LogP contribution in [0.4, 0.5) is 0 Å². The lowest BCUT2D eigenvalue weighted by molar-refractivity contribution is 0.287. The Morgan fingerprint density at radius 1 is 1.27 bits per heavy atom. The van der Waals surface area contributed by atoms with Gasteiger partial charge < -0.3 is 4.42 Å². The van der Waals surface area contributed by atoms with Gasteiger partial charge in [-0.05, 0) is 19.8 Å². The van der Waals surface area contributed by atoms with Crippen molar-refractivity contribution in [3.8, 4) is 11.5 Å². The van der Waals surface area contributed by atoms with E-state index in [4.69, 9.17) is 4.42 Å². The van der Waals surface area contributed by atoms with Gasteiger partial charge in [-0.1, -0.05) is 0 Å². The maximum absolute atomic E-state index is 11.7. The molecule has 0 aliphatic carbocycles. The quantitative estimate of drug-likeness (QED) is 0.829. The van der Waals surface area contributed by atoms with Gasteiger partial charge in [0.2, 0.25) is 15.9 Å². The maximum Gasteiger partial charge on any atom is 0.250 e. The minimum atomic E-state index is -3.19. The molecule has 118 valence electrons. The average Bonchev–Trinajstić information content (AvgIpc) is 2.97. The second-order valence-corrected chi connectivity index (χ2v) is 7.41. The first kappa shape index (κ1) is 15.0. The molecule has 3 rings (SSSR count). The number of nitrogens with zero attached hydrogens (tertiary/aromatic N) is 5. The summed E-state index contributed by atoms with van der Waals surface area (Å²) in [6.45, 7) is 2.72. The molecule has 0 spiro atoms. The van der Waals surface area contributed by atoms with E-state index in [2.05, 4.69) is 20.2 Å². The predicted octanol–water partition coefficient (Wildman–Crippen LogP) is 0.974. The molecule has 8 nitrogen and oxygen atoms in total. The molecule has 2 aromatic rings. The van der Waals surface area contributed by atoms with Crippen LogP contribution < -0.4 is 0 Å². The summed E-state index contributed by atoms with van der Waals surface area (Å²) in [5, 5.41) is 8.08. The number of aromatic nitrogens is 4. The van der Waals surface area contributed by atoms with Crippen molar-refractivity contribution in [2.24, 2.45) is 0 Å². The molecule has 9 heteroatoms. The molecule has 3 heterocycles. The highest BCUT2D eigenvalue weighted by Crippen LogP contribution is 2.28. The fourth-order valence-electron chi connectivity index (χ4n) is 2.46. The summed E-state index contributed by atoms with van der Waals surface area (Å²) in [5.74, 6) is 1.41. The van der Waals surface area contributed by atoms with E-state index in [0.29, 0.717) is 36.3 Å². The predicted molar refractivity (Wildman–Crippen MR) is 78.5 cm³/mol. The fourth-order valence-corrected chi connectivity index (χ4v) is 3.38. The third kappa shape index (κ3) is 3.14. The Kier molecular flexibility index (Phi) is 3.92. The minimum absolute atomic E-state index is 0.0731. The monoisotopic (exact) mass is 323 g/mol. The lowest BCUT2D eigenvalue weighted by Gasteiger charge is -2.28. The number of aryl methyl sites for hydroxylation is 1. The van der Waals surface area contributed by atoms with Crippen molar-refractivity contribution in [1.82, 2.24) is 24.5 Å². The van der Waals surface area contributed by atoms with Gasteiger partial charge in [-0.3, -0.25) is 0 Å². The molecule has 1 fully saturated rings. The third-order valence-electron chi connectivity index (χ3n) is 3.67. The normalized spacial score (nSPS) is 20.2. The third-order valence-corrected chi connectivity index (χ3v) is 4.94. The zero-order chi connectivity index (χ0) is 15.7. The van der Waals surface area contributed by atoms with Gasteiger partial charge in [0.15, 0.2) is 0 Å². The van der Waals surface area contributed by atoms with Crippen LogP contribution in [-0.4, -0.2) is 52.2 Å². The van der Waals surface area contributed by atoms with Gasteiger partial charge in [0, 0.05) is 25.5 Å². The molecule has 2 aromatic heterocycles. The highest BCUT2D eigenvalue weighted by Gasteiger charge is 2.30. The Hall–Kier alpha value is -1.87. The summed E-state index contributed by atoms with van der Waals surface area (Å²) in [5.41, 5.74) is 0.653. The van der Waals surface area contributed by atoms with Crippen molar-refractivity contribution >= 4 is 10.0 Å². The van der Waals surface area contributed by atoms with E-state index in [0.717, 1.165) is 12.8 Å². The van der Waals surface area contributed by atoms with E-state index in [1.165, 1.54) is 10.6 Å². The molecule has 0 radical (unpaired) electrons. The topological polar surface area (TPSA) is 102 Å². The molecule has 1 atom stereocenters. The summed E-state index contributed by atoms with van der Waals surface area (Å²) >= 11 is 0. The van der Waals surface area contributed by atoms with Crippen molar-refractivity contribution in [3.63, 3.8) is 0 Å². The molecule has 22 heavy (non-hydrogen) atoms. The Morgan fingerprint density at radius 2 is 2.00 bits per heavy atom. The van der Waals surface area contributed by atoms with Gasteiger partial charge in [0.05, 0.1) is 17.7 Å². The molecule has 0 amide bonds. The second-order valence-electron chi connectivity index (χ2n) is 5.42. The molecule has 1 aliphatic rings. The fraction of sp³-hybridized carbons (Fsp3) is 0.538. The minimum Gasteiger partial charge on any atom is -0.420 e. The number of piperidine rings is 1. The van der Waals surface area contributed by atoms with Crippen molar-refractivity contribution in [3.05, 3.63) is 24.1 Å². The van der Waals surface area contributed by atoms with Gasteiger partial charge >= 0.3 is 0 Å². The number of sulfonamides is 1. The molecule has 1 saturated heterocycles. The van der Waals surface area contributed by atoms with E-state index in [1.54, 1.807) is 19.3 Å². The van der Waals surface area contributed by atoms with Crippen LogP contribution >= 0.6 is 0 Å². The molecular formula is C13H17N5O3S. The highest BCUT2D eigenvalue weighted by molar-refractivity contribution is 7.88. The van der Waals surface area contributed by atoms with E-state index in [9.17, 15) is 8.42 Å². The Morgan fingerprint density at radius 3 is 2.68 bits per heavy atom. The highest BCUT2D eigenvalue weighted by atomic mass is 32.2. The molecule has 0 aromatic carbocycles. The molecule has 0 unspecified atom stereocenters. The molecular weight excluding hydrogens is 306 g/mol. The maximum atomic E-state index is 11.7. The van der Waals surface area contributed by atoms with Crippen LogP contribution in [0.1, 0.15) is 30.5 Å². The lowest BCUT2D eigenvalue weighted by Crippen LogP contribution is -2.38. The van der Waals surface area contributed by atoms with Gasteiger partial charge in [-0.25, -0.2) is 22.7 Å². The van der Waals surface area contributed by atoms with E-state index in [-0.39, 0.29) is 5.92 Å². The molecule has 0 saturated carbocycles. The summed E-state index contributed by atoms with van der Waals surface area (Å²) in [4.78, 5) is 8.19. The van der Waals surface area contributed by atoms with Gasteiger partial charge in [0.25, 0.3) is 5.89 Å². The van der Waals surface area contributed by atoms with Crippen LogP contribution in [0, 0.1) is 6.92 Å². The first-order valence-corrected chi connectivity index (χ1v) is 8.86. The Bertz CT molecular complexity index is 756. The molecule has 0 N–H and O–H groups in total. The SMILES string of the molecule is Cc1ncc(-c2nnc([C@H]3CCCN(S(C)(=O)=O)C3)o2)cn1. The Labute approximate surface area is 128 Å².